The second kappa shape index (κ2) is 3.71. The van der Waals surface area contributed by atoms with Crippen LogP contribution in [0.4, 0.5) is 0 Å². The van der Waals surface area contributed by atoms with E-state index in [1.165, 1.54) is 38.6 Å². The van der Waals surface area contributed by atoms with Crippen molar-refractivity contribution in [1.29, 1.82) is 0 Å². The molecule has 0 bridgehead atoms. The Hall–Kier alpha value is -2.08. The summed E-state index contributed by atoms with van der Waals surface area (Å²) in [6.07, 6.45) is 0. The Morgan fingerprint density at radius 3 is 1.95 bits per heavy atom. The average molecular weight is 244 g/mol. The van der Waals surface area contributed by atoms with E-state index >= 15 is 0 Å². The van der Waals surface area contributed by atoms with Gasteiger partial charge in [-0.3, -0.25) is 0 Å². The van der Waals surface area contributed by atoms with Gasteiger partial charge < -0.3 is 0 Å². The zero-order valence-electron chi connectivity index (χ0n) is 11.3. The van der Waals surface area contributed by atoms with E-state index in [4.69, 9.17) is 0 Å². The van der Waals surface area contributed by atoms with Gasteiger partial charge in [0.2, 0.25) is 0 Å². The lowest BCUT2D eigenvalue weighted by atomic mass is 9.93. The fourth-order valence-electron chi connectivity index (χ4n) is 3.33. The van der Waals surface area contributed by atoms with Crippen LogP contribution in [0.25, 0.3) is 33.0 Å². The van der Waals surface area contributed by atoms with Crippen molar-refractivity contribution in [1.82, 2.24) is 0 Å². The lowest BCUT2D eigenvalue weighted by molar-refractivity contribution is 0.876. The Labute approximate surface area is 113 Å². The molecule has 4 rings (SSSR count). The summed E-state index contributed by atoms with van der Waals surface area (Å²) < 4.78 is 0. The highest BCUT2D eigenvalue weighted by Gasteiger charge is 2.21. The Kier molecular flexibility index (Phi) is 2.11. The van der Waals surface area contributed by atoms with Crippen molar-refractivity contribution in [3.63, 3.8) is 0 Å². The van der Waals surface area contributed by atoms with Crippen LogP contribution in [0.1, 0.15) is 25.3 Å². The monoisotopic (exact) mass is 244 g/mol. The molecule has 0 atom stereocenters. The van der Waals surface area contributed by atoms with Gasteiger partial charge in [-0.1, -0.05) is 68.4 Å². The fraction of sp³-hybridized carbons (Fsp3) is 0.158. The van der Waals surface area contributed by atoms with Crippen molar-refractivity contribution in [2.45, 2.75) is 19.8 Å². The van der Waals surface area contributed by atoms with Crippen LogP contribution in [0, 0.1) is 0 Å². The maximum Gasteiger partial charge on any atom is -0.00235 e. The van der Waals surface area contributed by atoms with Gasteiger partial charge in [0, 0.05) is 0 Å². The minimum Gasteiger partial charge on any atom is -0.0616 e. The molecule has 0 unspecified atom stereocenters. The predicted molar refractivity (Wildman–Crippen MR) is 82.5 cm³/mol. The minimum absolute atomic E-state index is 0.563. The van der Waals surface area contributed by atoms with E-state index in [1.54, 1.807) is 0 Å². The molecule has 1 aliphatic rings. The van der Waals surface area contributed by atoms with Crippen molar-refractivity contribution < 1.29 is 0 Å². The molecule has 0 aromatic heterocycles. The molecule has 0 fully saturated rings. The maximum atomic E-state index is 2.30. The third kappa shape index (κ3) is 1.34. The lowest BCUT2D eigenvalue weighted by Gasteiger charge is -2.11. The summed E-state index contributed by atoms with van der Waals surface area (Å²) in [5, 5.41) is 2.86. The van der Waals surface area contributed by atoms with E-state index in [0.29, 0.717) is 5.92 Å². The molecule has 0 aliphatic heterocycles. The standard InChI is InChI=1S/C19H16/c1-12(2)13-10-11-18-15-7-4-3-6-14(15)17-9-5-8-16(13)19(17)18/h3-12H,1-2H3. The van der Waals surface area contributed by atoms with Gasteiger partial charge in [0.25, 0.3) is 0 Å². The third-order valence-electron chi connectivity index (χ3n) is 4.20. The Morgan fingerprint density at radius 2 is 1.26 bits per heavy atom. The molecule has 0 heterocycles. The van der Waals surface area contributed by atoms with E-state index in [0.717, 1.165) is 0 Å². The first-order valence-electron chi connectivity index (χ1n) is 6.93. The van der Waals surface area contributed by atoms with E-state index < -0.39 is 0 Å². The van der Waals surface area contributed by atoms with Crippen molar-refractivity contribution in [3.05, 3.63) is 60.2 Å². The second-order valence-electron chi connectivity index (χ2n) is 5.63. The van der Waals surface area contributed by atoms with Gasteiger partial charge in [-0.15, -0.1) is 0 Å². The molecule has 0 radical (unpaired) electrons. The first-order valence-corrected chi connectivity index (χ1v) is 6.93. The first-order chi connectivity index (χ1) is 9.27. The summed E-state index contributed by atoms with van der Waals surface area (Å²) in [6.45, 7) is 4.54. The molecule has 0 saturated carbocycles. The Balaban J connectivity index is 2.20. The zero-order chi connectivity index (χ0) is 13.0. The van der Waals surface area contributed by atoms with Crippen LogP contribution >= 0.6 is 0 Å². The second-order valence-corrected chi connectivity index (χ2v) is 5.63. The number of benzene rings is 3. The summed E-state index contributed by atoms with van der Waals surface area (Å²) >= 11 is 0. The van der Waals surface area contributed by atoms with Crippen LogP contribution in [0.15, 0.2) is 54.6 Å². The highest BCUT2D eigenvalue weighted by atomic mass is 14.2. The topological polar surface area (TPSA) is 0 Å². The molecule has 3 aromatic carbocycles. The van der Waals surface area contributed by atoms with Crippen molar-refractivity contribution in [2.24, 2.45) is 0 Å². The molecule has 0 spiro atoms. The van der Waals surface area contributed by atoms with E-state index in [2.05, 4.69) is 68.4 Å². The molecule has 3 aromatic rings. The number of hydrogen-bond donors (Lipinski definition) is 0. The molecule has 0 heteroatoms. The van der Waals surface area contributed by atoms with Crippen LogP contribution in [-0.4, -0.2) is 0 Å². The summed E-state index contributed by atoms with van der Waals surface area (Å²) in [7, 11) is 0. The molecular formula is C19H16. The van der Waals surface area contributed by atoms with Gasteiger partial charge in [-0.2, -0.15) is 0 Å². The van der Waals surface area contributed by atoms with Crippen molar-refractivity contribution >= 4 is 10.8 Å². The molecule has 0 N–H and O–H groups in total. The van der Waals surface area contributed by atoms with Gasteiger partial charge in [0.1, 0.15) is 0 Å². The van der Waals surface area contributed by atoms with E-state index in [-0.39, 0.29) is 0 Å². The van der Waals surface area contributed by atoms with Crippen LogP contribution in [0.5, 0.6) is 0 Å². The normalized spacial score (nSPS) is 12.2. The maximum absolute atomic E-state index is 2.30. The minimum atomic E-state index is 0.563. The quantitative estimate of drug-likeness (QED) is 0.408. The van der Waals surface area contributed by atoms with Gasteiger partial charge in [0.15, 0.2) is 0 Å². The fourth-order valence-corrected chi connectivity index (χ4v) is 3.33. The van der Waals surface area contributed by atoms with Gasteiger partial charge in [-0.05, 0) is 44.5 Å². The number of fused-ring (bicyclic) bond motifs is 3. The van der Waals surface area contributed by atoms with Crippen molar-refractivity contribution in [2.75, 3.05) is 0 Å². The Morgan fingerprint density at radius 1 is 0.632 bits per heavy atom. The smallest absolute Gasteiger partial charge is 0.00235 e. The van der Waals surface area contributed by atoms with Gasteiger partial charge in [-0.25, -0.2) is 0 Å². The first kappa shape index (κ1) is 10.8. The SMILES string of the molecule is CC(C)c1ccc2c3c(cccc13)-c1ccccc1-2. The molecular weight excluding hydrogens is 228 g/mol. The van der Waals surface area contributed by atoms with Crippen LogP contribution < -0.4 is 0 Å². The third-order valence-corrected chi connectivity index (χ3v) is 4.20. The largest absolute Gasteiger partial charge is 0.0616 e. The molecule has 0 saturated heterocycles. The number of hydrogen-bond acceptors (Lipinski definition) is 0. The zero-order valence-corrected chi connectivity index (χ0v) is 11.3. The summed E-state index contributed by atoms with van der Waals surface area (Å²) in [5.74, 6) is 0.563. The summed E-state index contributed by atoms with van der Waals surface area (Å²) in [5.41, 5.74) is 7.00. The molecule has 92 valence electrons. The van der Waals surface area contributed by atoms with Gasteiger partial charge in [0.05, 0.1) is 0 Å². The molecule has 19 heavy (non-hydrogen) atoms. The highest BCUT2D eigenvalue weighted by Crippen LogP contribution is 2.48. The molecule has 0 nitrogen and oxygen atoms in total. The summed E-state index contributed by atoms with van der Waals surface area (Å²) in [4.78, 5) is 0. The van der Waals surface area contributed by atoms with Gasteiger partial charge >= 0.3 is 0 Å². The summed E-state index contributed by atoms with van der Waals surface area (Å²) in [6, 6.07) is 20.0. The van der Waals surface area contributed by atoms with Crippen molar-refractivity contribution in [3.8, 4) is 22.3 Å². The lowest BCUT2D eigenvalue weighted by Crippen LogP contribution is -1.89. The van der Waals surface area contributed by atoms with E-state index in [1.807, 2.05) is 0 Å². The number of rotatable bonds is 1. The van der Waals surface area contributed by atoms with Crippen LogP contribution in [-0.2, 0) is 0 Å². The Bertz CT molecular complexity index is 765. The highest BCUT2D eigenvalue weighted by molar-refractivity contribution is 6.16. The molecule has 1 aliphatic carbocycles. The average Bonchev–Trinajstić information content (AvgIpc) is 2.76. The van der Waals surface area contributed by atoms with Crippen LogP contribution in [0.2, 0.25) is 0 Å². The van der Waals surface area contributed by atoms with Crippen LogP contribution in [0.3, 0.4) is 0 Å². The van der Waals surface area contributed by atoms with E-state index in [9.17, 15) is 0 Å². The predicted octanol–water partition coefficient (Wildman–Crippen LogP) is 5.61. The molecule has 0 amide bonds.